The Morgan fingerprint density at radius 2 is 1.74 bits per heavy atom. The third-order valence-electron chi connectivity index (χ3n) is 3.05. The van der Waals surface area contributed by atoms with Crippen LogP contribution in [0.5, 0.6) is 0 Å². The summed E-state index contributed by atoms with van der Waals surface area (Å²) in [4.78, 5) is 16.7. The Morgan fingerprint density at radius 3 is 2.58 bits per heavy atom. The molecule has 0 atom stereocenters. The summed E-state index contributed by atoms with van der Waals surface area (Å²) in [5.74, 6) is 0.00563. The highest BCUT2D eigenvalue weighted by atomic mass is 79.9. The summed E-state index contributed by atoms with van der Waals surface area (Å²) in [6, 6.07) is 15.1. The molecule has 3 rings (SSSR count). The Bertz CT molecular complexity index is 762. The third-order valence-corrected chi connectivity index (χ3v) is 3.74. The van der Waals surface area contributed by atoms with Gasteiger partial charge in [0.15, 0.2) is 5.78 Å². The minimum atomic E-state index is 0.00563. The van der Waals surface area contributed by atoms with Crippen LogP contribution in [-0.2, 0) is 0 Å². The van der Waals surface area contributed by atoms with Crippen LogP contribution in [0.25, 0.3) is 10.8 Å². The van der Waals surface area contributed by atoms with Gasteiger partial charge in [0, 0.05) is 33.4 Å². The van der Waals surface area contributed by atoms with Crippen LogP contribution in [0.15, 0.2) is 65.4 Å². The van der Waals surface area contributed by atoms with Gasteiger partial charge in [-0.15, -0.1) is 0 Å². The van der Waals surface area contributed by atoms with Gasteiger partial charge in [0.25, 0.3) is 0 Å². The second-order valence-corrected chi connectivity index (χ2v) is 5.07. The van der Waals surface area contributed by atoms with E-state index in [2.05, 4.69) is 20.9 Å². The SMILES string of the molecule is O=C(c1ccccc1Br)c1cccc2ccncc12. The first-order valence-electron chi connectivity index (χ1n) is 5.89. The summed E-state index contributed by atoms with van der Waals surface area (Å²) in [5.41, 5.74) is 1.34. The van der Waals surface area contributed by atoms with Crippen molar-refractivity contribution < 1.29 is 4.79 Å². The van der Waals surface area contributed by atoms with Crippen molar-refractivity contribution in [1.29, 1.82) is 0 Å². The Hall–Kier alpha value is -2.00. The van der Waals surface area contributed by atoms with E-state index in [1.54, 1.807) is 12.4 Å². The van der Waals surface area contributed by atoms with Gasteiger partial charge in [-0.05, 0) is 23.6 Å². The number of halogens is 1. The molecule has 0 unspecified atom stereocenters. The van der Waals surface area contributed by atoms with Gasteiger partial charge in [-0.25, -0.2) is 0 Å². The molecule has 2 nitrogen and oxygen atoms in total. The second-order valence-electron chi connectivity index (χ2n) is 4.21. The topological polar surface area (TPSA) is 30.0 Å². The normalized spacial score (nSPS) is 10.6. The number of nitrogens with zero attached hydrogens (tertiary/aromatic N) is 1. The molecule has 0 aliphatic carbocycles. The van der Waals surface area contributed by atoms with Gasteiger partial charge in [-0.1, -0.05) is 46.3 Å². The number of pyridine rings is 1. The third kappa shape index (κ3) is 2.17. The molecule has 0 radical (unpaired) electrons. The van der Waals surface area contributed by atoms with Gasteiger partial charge in [-0.2, -0.15) is 0 Å². The minimum Gasteiger partial charge on any atom is -0.289 e. The zero-order valence-corrected chi connectivity index (χ0v) is 11.6. The van der Waals surface area contributed by atoms with Crippen molar-refractivity contribution in [2.24, 2.45) is 0 Å². The first kappa shape index (κ1) is 12.1. The molecular weight excluding hydrogens is 302 g/mol. The van der Waals surface area contributed by atoms with Crippen LogP contribution in [0.4, 0.5) is 0 Å². The molecular formula is C16H10BrNO. The molecule has 0 spiro atoms. The van der Waals surface area contributed by atoms with Crippen molar-refractivity contribution in [2.75, 3.05) is 0 Å². The van der Waals surface area contributed by atoms with Crippen molar-refractivity contribution in [3.8, 4) is 0 Å². The largest absolute Gasteiger partial charge is 0.289 e. The lowest BCUT2D eigenvalue weighted by Gasteiger charge is -2.06. The zero-order chi connectivity index (χ0) is 13.2. The number of fused-ring (bicyclic) bond motifs is 1. The van der Waals surface area contributed by atoms with Gasteiger partial charge in [-0.3, -0.25) is 9.78 Å². The minimum absolute atomic E-state index is 0.00563. The first-order valence-corrected chi connectivity index (χ1v) is 6.68. The molecule has 2 aromatic carbocycles. The summed E-state index contributed by atoms with van der Waals surface area (Å²) in [6.45, 7) is 0. The van der Waals surface area contributed by atoms with Crippen molar-refractivity contribution in [3.63, 3.8) is 0 Å². The molecule has 1 aromatic heterocycles. The predicted octanol–water partition coefficient (Wildman–Crippen LogP) is 4.23. The summed E-state index contributed by atoms with van der Waals surface area (Å²) in [6.07, 6.45) is 3.47. The maximum atomic E-state index is 12.6. The number of ketones is 1. The Morgan fingerprint density at radius 1 is 0.947 bits per heavy atom. The quantitative estimate of drug-likeness (QED) is 0.663. The van der Waals surface area contributed by atoms with Crippen molar-refractivity contribution in [1.82, 2.24) is 4.98 Å². The smallest absolute Gasteiger partial charge is 0.194 e. The van der Waals surface area contributed by atoms with Crippen molar-refractivity contribution in [2.45, 2.75) is 0 Å². The highest BCUT2D eigenvalue weighted by Gasteiger charge is 2.14. The molecule has 19 heavy (non-hydrogen) atoms. The summed E-state index contributed by atoms with van der Waals surface area (Å²) >= 11 is 3.42. The fraction of sp³-hybridized carbons (Fsp3) is 0. The van der Waals surface area contributed by atoms with E-state index in [0.29, 0.717) is 11.1 Å². The molecule has 0 saturated carbocycles. The van der Waals surface area contributed by atoms with Crippen molar-refractivity contribution >= 4 is 32.5 Å². The number of hydrogen-bond acceptors (Lipinski definition) is 2. The molecule has 0 fully saturated rings. The molecule has 0 bridgehead atoms. The molecule has 0 aliphatic rings. The molecule has 1 heterocycles. The van der Waals surface area contributed by atoms with E-state index < -0.39 is 0 Å². The zero-order valence-electron chi connectivity index (χ0n) is 10.0. The van der Waals surface area contributed by atoms with Crippen LogP contribution < -0.4 is 0 Å². The van der Waals surface area contributed by atoms with Crippen LogP contribution in [0.2, 0.25) is 0 Å². The number of carbonyl (C=O) groups excluding carboxylic acids is 1. The monoisotopic (exact) mass is 311 g/mol. The molecule has 92 valence electrons. The number of rotatable bonds is 2. The lowest BCUT2D eigenvalue weighted by atomic mass is 9.98. The lowest BCUT2D eigenvalue weighted by molar-refractivity contribution is 0.103. The van der Waals surface area contributed by atoms with Gasteiger partial charge in [0.05, 0.1) is 0 Å². The number of benzene rings is 2. The van der Waals surface area contributed by atoms with Gasteiger partial charge < -0.3 is 0 Å². The fourth-order valence-electron chi connectivity index (χ4n) is 2.10. The molecule has 0 N–H and O–H groups in total. The highest BCUT2D eigenvalue weighted by Crippen LogP contribution is 2.24. The van der Waals surface area contributed by atoms with E-state index in [1.165, 1.54) is 0 Å². The van der Waals surface area contributed by atoms with E-state index in [0.717, 1.165) is 15.2 Å². The van der Waals surface area contributed by atoms with E-state index >= 15 is 0 Å². The second kappa shape index (κ2) is 4.94. The average Bonchev–Trinajstić information content (AvgIpc) is 2.46. The number of aromatic nitrogens is 1. The number of hydrogen-bond donors (Lipinski definition) is 0. The van der Waals surface area contributed by atoms with E-state index in [9.17, 15) is 4.79 Å². The fourth-order valence-corrected chi connectivity index (χ4v) is 2.57. The van der Waals surface area contributed by atoms with E-state index in [4.69, 9.17) is 0 Å². The first-order chi connectivity index (χ1) is 9.27. The van der Waals surface area contributed by atoms with Gasteiger partial charge >= 0.3 is 0 Å². The van der Waals surface area contributed by atoms with Crippen LogP contribution in [0.3, 0.4) is 0 Å². The Kier molecular flexibility index (Phi) is 3.13. The van der Waals surface area contributed by atoms with Crippen molar-refractivity contribution in [3.05, 3.63) is 76.5 Å². The predicted molar refractivity (Wildman–Crippen MR) is 79.3 cm³/mol. The molecule has 3 heteroatoms. The summed E-state index contributed by atoms with van der Waals surface area (Å²) in [7, 11) is 0. The van der Waals surface area contributed by atoms with Gasteiger partial charge in [0.1, 0.15) is 0 Å². The van der Waals surface area contributed by atoms with Crippen LogP contribution in [0, 0.1) is 0 Å². The Labute approximate surface area is 119 Å². The lowest BCUT2D eigenvalue weighted by Crippen LogP contribution is -2.03. The molecule has 0 saturated heterocycles. The highest BCUT2D eigenvalue weighted by molar-refractivity contribution is 9.10. The van der Waals surface area contributed by atoms with Crippen LogP contribution in [0.1, 0.15) is 15.9 Å². The maximum absolute atomic E-state index is 12.6. The summed E-state index contributed by atoms with van der Waals surface area (Å²) in [5, 5.41) is 1.90. The standard InChI is InChI=1S/C16H10BrNO/c17-15-7-2-1-5-13(15)16(19)12-6-3-4-11-8-9-18-10-14(11)12/h1-10H. The van der Waals surface area contributed by atoms with Crippen LogP contribution >= 0.6 is 15.9 Å². The molecule has 0 aliphatic heterocycles. The summed E-state index contributed by atoms with van der Waals surface area (Å²) < 4.78 is 0.806. The maximum Gasteiger partial charge on any atom is 0.194 e. The van der Waals surface area contributed by atoms with Gasteiger partial charge in [0.2, 0.25) is 0 Å². The average molecular weight is 312 g/mol. The molecule has 0 amide bonds. The van der Waals surface area contributed by atoms with E-state index in [-0.39, 0.29) is 5.78 Å². The van der Waals surface area contributed by atoms with E-state index in [1.807, 2.05) is 48.5 Å². The Balaban J connectivity index is 2.20. The number of carbonyl (C=O) groups is 1. The molecule has 3 aromatic rings. The van der Waals surface area contributed by atoms with Crippen LogP contribution in [-0.4, -0.2) is 10.8 Å².